The molecule has 0 heterocycles. The summed E-state index contributed by atoms with van der Waals surface area (Å²) in [6.45, 7) is 2.98. The Morgan fingerprint density at radius 2 is 1.70 bits per heavy atom. The number of rotatable bonds is 6. The molecule has 0 spiro atoms. The summed E-state index contributed by atoms with van der Waals surface area (Å²) in [6, 6.07) is 10.5. The average molecular weight is 369 g/mol. The van der Waals surface area contributed by atoms with Crippen molar-refractivity contribution in [2.24, 2.45) is 0 Å². The predicted octanol–water partition coefficient (Wildman–Crippen LogP) is 2.60. The molecule has 0 aliphatic heterocycles. The first-order valence-corrected chi connectivity index (χ1v) is 9.00. The van der Waals surface area contributed by atoms with Crippen LogP contribution in [0.4, 0.5) is 0 Å². The molecule has 27 heavy (non-hydrogen) atoms. The lowest BCUT2D eigenvalue weighted by Gasteiger charge is -2.32. The van der Waals surface area contributed by atoms with Crippen LogP contribution >= 0.6 is 0 Å². The van der Waals surface area contributed by atoms with Gasteiger partial charge in [0.2, 0.25) is 0 Å². The Bertz CT molecular complexity index is 755. The Hall–Kier alpha value is -3.06. The molecule has 2 atom stereocenters. The number of ether oxygens (including phenoxy) is 2. The van der Waals surface area contributed by atoms with Crippen molar-refractivity contribution in [3.8, 4) is 17.9 Å². The molecular formula is C20H23N3O4. The molecule has 1 aromatic rings. The lowest BCUT2D eigenvalue weighted by Crippen LogP contribution is -2.52. The molecular weight excluding hydrogens is 346 g/mol. The van der Waals surface area contributed by atoms with Crippen molar-refractivity contribution in [3.63, 3.8) is 0 Å². The van der Waals surface area contributed by atoms with Crippen LogP contribution in [0.1, 0.15) is 51.5 Å². The highest BCUT2D eigenvalue weighted by molar-refractivity contribution is 5.85. The van der Waals surface area contributed by atoms with Crippen LogP contribution < -0.4 is 10.1 Å². The monoisotopic (exact) mass is 369 g/mol. The molecule has 0 bridgehead atoms. The number of benzene rings is 1. The van der Waals surface area contributed by atoms with Crippen molar-refractivity contribution in [2.45, 2.75) is 63.7 Å². The molecule has 1 aliphatic carbocycles. The van der Waals surface area contributed by atoms with Gasteiger partial charge in [-0.25, -0.2) is 4.79 Å². The molecule has 1 aromatic carbocycles. The van der Waals surface area contributed by atoms with Crippen LogP contribution in [0.25, 0.3) is 0 Å². The fourth-order valence-electron chi connectivity index (χ4n) is 2.94. The van der Waals surface area contributed by atoms with Crippen molar-refractivity contribution < 1.29 is 19.1 Å². The Morgan fingerprint density at radius 1 is 1.07 bits per heavy atom. The number of nitriles is 2. The second-order valence-corrected chi connectivity index (χ2v) is 6.72. The third-order valence-electron chi connectivity index (χ3n) is 4.57. The second-order valence-electron chi connectivity index (χ2n) is 6.72. The highest BCUT2D eigenvalue weighted by Crippen LogP contribution is 2.27. The molecule has 142 valence electrons. The van der Waals surface area contributed by atoms with E-state index >= 15 is 0 Å². The SMILES string of the molecule is C[C@@H](OC(=O)[C@@H](C)Oc1ccc(C#N)cc1)C(=O)NC1(C#N)CCCCC1. The number of carbonyl (C=O) groups is 2. The molecule has 1 fully saturated rings. The van der Waals surface area contributed by atoms with Gasteiger partial charge >= 0.3 is 5.97 Å². The van der Waals surface area contributed by atoms with Crippen LogP contribution in [0.15, 0.2) is 24.3 Å². The quantitative estimate of drug-likeness (QED) is 0.771. The van der Waals surface area contributed by atoms with Crippen LogP contribution in [-0.2, 0) is 14.3 Å². The normalized spacial score (nSPS) is 17.5. The summed E-state index contributed by atoms with van der Waals surface area (Å²) < 4.78 is 10.7. The van der Waals surface area contributed by atoms with Gasteiger partial charge in [0.15, 0.2) is 12.2 Å². The summed E-state index contributed by atoms with van der Waals surface area (Å²) in [6.07, 6.45) is 2.08. The van der Waals surface area contributed by atoms with Gasteiger partial charge in [-0.1, -0.05) is 19.3 Å². The summed E-state index contributed by atoms with van der Waals surface area (Å²) in [5.41, 5.74) is -0.391. The maximum atomic E-state index is 12.4. The molecule has 7 heteroatoms. The van der Waals surface area contributed by atoms with E-state index in [0.29, 0.717) is 24.2 Å². The number of amides is 1. The van der Waals surface area contributed by atoms with Gasteiger partial charge in [0.05, 0.1) is 17.7 Å². The molecule has 0 radical (unpaired) electrons. The van der Waals surface area contributed by atoms with Crippen LogP contribution in [0.3, 0.4) is 0 Å². The van der Waals surface area contributed by atoms with Crippen molar-refractivity contribution in [3.05, 3.63) is 29.8 Å². The fourth-order valence-corrected chi connectivity index (χ4v) is 2.94. The first kappa shape index (κ1) is 20.3. The van der Waals surface area contributed by atoms with Crippen molar-refractivity contribution in [1.82, 2.24) is 5.32 Å². The minimum atomic E-state index is -1.03. The van der Waals surface area contributed by atoms with Gasteiger partial charge in [0, 0.05) is 0 Å². The Kier molecular flexibility index (Phi) is 6.79. The summed E-state index contributed by atoms with van der Waals surface area (Å²) in [4.78, 5) is 24.5. The van der Waals surface area contributed by atoms with Crippen molar-refractivity contribution >= 4 is 11.9 Å². The zero-order valence-corrected chi connectivity index (χ0v) is 15.5. The topological polar surface area (TPSA) is 112 Å². The van der Waals surface area contributed by atoms with Crippen LogP contribution in [0.2, 0.25) is 0 Å². The molecule has 1 aliphatic rings. The van der Waals surface area contributed by atoms with Gasteiger partial charge in [0.25, 0.3) is 5.91 Å². The van der Waals surface area contributed by atoms with Gasteiger partial charge in [-0.2, -0.15) is 10.5 Å². The molecule has 1 saturated carbocycles. The van der Waals surface area contributed by atoms with Gasteiger partial charge < -0.3 is 14.8 Å². The van der Waals surface area contributed by atoms with E-state index in [1.807, 2.05) is 6.07 Å². The lowest BCUT2D eigenvalue weighted by molar-refractivity contribution is -0.161. The molecule has 7 nitrogen and oxygen atoms in total. The zero-order valence-electron chi connectivity index (χ0n) is 15.5. The summed E-state index contributed by atoms with van der Waals surface area (Å²) in [5.74, 6) is -0.754. The predicted molar refractivity (Wildman–Crippen MR) is 96.4 cm³/mol. The van der Waals surface area contributed by atoms with Gasteiger partial charge in [0.1, 0.15) is 11.3 Å². The van der Waals surface area contributed by atoms with Gasteiger partial charge in [-0.05, 0) is 51.0 Å². The highest BCUT2D eigenvalue weighted by atomic mass is 16.6. The first-order valence-electron chi connectivity index (χ1n) is 9.00. The van der Waals surface area contributed by atoms with E-state index in [-0.39, 0.29) is 0 Å². The van der Waals surface area contributed by atoms with E-state index in [2.05, 4.69) is 11.4 Å². The standard InChI is InChI=1S/C20H23N3O4/c1-14(18(24)23-20(13-22)10-4-3-5-11-20)27-19(25)15(2)26-17-8-6-16(12-21)7-9-17/h6-9,14-15H,3-5,10-11H2,1-2H3,(H,23,24)/t14-,15-/m1/s1. The van der Waals surface area contributed by atoms with E-state index in [9.17, 15) is 14.9 Å². The molecule has 0 unspecified atom stereocenters. The first-order chi connectivity index (χ1) is 12.9. The molecule has 1 N–H and O–H groups in total. The Morgan fingerprint density at radius 3 is 2.26 bits per heavy atom. The zero-order chi connectivity index (χ0) is 19.9. The van der Waals surface area contributed by atoms with Crippen LogP contribution in [-0.4, -0.2) is 29.6 Å². The molecule has 0 aromatic heterocycles. The second kappa shape index (κ2) is 9.05. The average Bonchev–Trinajstić information content (AvgIpc) is 2.69. The fraction of sp³-hybridized carbons (Fsp3) is 0.500. The molecule has 2 rings (SSSR count). The van der Waals surface area contributed by atoms with Crippen molar-refractivity contribution in [2.75, 3.05) is 0 Å². The number of nitrogens with one attached hydrogen (secondary N) is 1. The van der Waals surface area contributed by atoms with Crippen LogP contribution in [0.5, 0.6) is 5.75 Å². The van der Waals surface area contributed by atoms with E-state index in [0.717, 1.165) is 19.3 Å². The van der Waals surface area contributed by atoms with E-state index < -0.39 is 29.6 Å². The largest absolute Gasteiger partial charge is 0.479 e. The van der Waals surface area contributed by atoms with Crippen molar-refractivity contribution in [1.29, 1.82) is 10.5 Å². The van der Waals surface area contributed by atoms with Crippen LogP contribution in [0, 0.1) is 22.7 Å². The number of hydrogen-bond donors (Lipinski definition) is 1. The minimum Gasteiger partial charge on any atom is -0.479 e. The Balaban J connectivity index is 1.88. The number of hydrogen-bond acceptors (Lipinski definition) is 6. The Labute approximate surface area is 158 Å². The van der Waals surface area contributed by atoms with Gasteiger partial charge in [-0.15, -0.1) is 0 Å². The number of carbonyl (C=O) groups excluding carboxylic acids is 2. The smallest absolute Gasteiger partial charge is 0.347 e. The molecule has 0 saturated heterocycles. The summed E-state index contributed by atoms with van der Waals surface area (Å²) in [7, 11) is 0. The minimum absolute atomic E-state index is 0.418. The third-order valence-corrected chi connectivity index (χ3v) is 4.57. The third kappa shape index (κ3) is 5.46. The highest BCUT2D eigenvalue weighted by Gasteiger charge is 2.35. The van der Waals surface area contributed by atoms with E-state index in [1.165, 1.54) is 13.8 Å². The van der Waals surface area contributed by atoms with E-state index in [4.69, 9.17) is 14.7 Å². The number of nitrogens with zero attached hydrogens (tertiary/aromatic N) is 2. The summed E-state index contributed by atoms with van der Waals surface area (Å²) in [5, 5.41) is 21.0. The summed E-state index contributed by atoms with van der Waals surface area (Å²) >= 11 is 0. The maximum absolute atomic E-state index is 12.4. The van der Waals surface area contributed by atoms with Gasteiger partial charge in [-0.3, -0.25) is 4.79 Å². The lowest BCUT2D eigenvalue weighted by atomic mass is 9.83. The maximum Gasteiger partial charge on any atom is 0.347 e. The van der Waals surface area contributed by atoms with E-state index in [1.54, 1.807) is 24.3 Å². The molecule has 1 amide bonds. The number of esters is 1.